The summed E-state index contributed by atoms with van der Waals surface area (Å²) in [6.07, 6.45) is 0. The standard InChI is InChI=1S/C36H24S/c1-2-13-25(14-3-1)26-15-4-5-16-27(26)28-17-6-7-18-29(28)30-19-8-9-20-31(30)32-22-12-24-35-36(32)33-21-10-11-23-34(33)37-35/h1-24H. The molecule has 7 rings (SSSR count). The Balaban J connectivity index is 1.48. The van der Waals surface area contributed by atoms with E-state index < -0.39 is 0 Å². The molecule has 0 nitrogen and oxygen atoms in total. The third-order valence-electron chi connectivity index (χ3n) is 7.14. The van der Waals surface area contributed by atoms with Crippen molar-refractivity contribution < 1.29 is 0 Å². The molecule has 7 aromatic rings. The van der Waals surface area contributed by atoms with Crippen molar-refractivity contribution in [2.75, 3.05) is 0 Å². The van der Waals surface area contributed by atoms with Gasteiger partial charge in [-0.2, -0.15) is 0 Å². The number of hydrogen-bond donors (Lipinski definition) is 0. The molecule has 0 atom stereocenters. The van der Waals surface area contributed by atoms with Gasteiger partial charge >= 0.3 is 0 Å². The molecular formula is C36H24S. The fraction of sp³-hybridized carbons (Fsp3) is 0. The topological polar surface area (TPSA) is 0 Å². The van der Waals surface area contributed by atoms with E-state index in [9.17, 15) is 0 Å². The molecule has 0 fully saturated rings. The highest BCUT2D eigenvalue weighted by Gasteiger charge is 2.17. The summed E-state index contributed by atoms with van der Waals surface area (Å²) in [6, 6.07) is 52.6. The van der Waals surface area contributed by atoms with Crippen LogP contribution in [0.4, 0.5) is 0 Å². The number of fused-ring (bicyclic) bond motifs is 3. The lowest BCUT2D eigenvalue weighted by Gasteiger charge is -2.17. The lowest BCUT2D eigenvalue weighted by Crippen LogP contribution is -1.91. The smallest absolute Gasteiger partial charge is 0.0361 e. The number of hydrogen-bond acceptors (Lipinski definition) is 1. The van der Waals surface area contributed by atoms with Gasteiger partial charge in [0.25, 0.3) is 0 Å². The van der Waals surface area contributed by atoms with Crippen molar-refractivity contribution in [3.05, 3.63) is 146 Å². The van der Waals surface area contributed by atoms with Crippen molar-refractivity contribution in [1.82, 2.24) is 0 Å². The highest BCUT2D eigenvalue weighted by atomic mass is 32.1. The lowest BCUT2D eigenvalue weighted by molar-refractivity contribution is 1.56. The summed E-state index contributed by atoms with van der Waals surface area (Å²) >= 11 is 1.87. The highest BCUT2D eigenvalue weighted by Crippen LogP contribution is 2.45. The molecule has 0 saturated heterocycles. The summed E-state index contributed by atoms with van der Waals surface area (Å²) in [5, 5.41) is 2.67. The molecule has 1 heteroatoms. The van der Waals surface area contributed by atoms with Crippen molar-refractivity contribution in [2.24, 2.45) is 0 Å². The number of thiophene rings is 1. The fourth-order valence-electron chi connectivity index (χ4n) is 5.49. The second kappa shape index (κ2) is 9.20. The van der Waals surface area contributed by atoms with Gasteiger partial charge in [0.2, 0.25) is 0 Å². The van der Waals surface area contributed by atoms with E-state index in [0.29, 0.717) is 0 Å². The van der Waals surface area contributed by atoms with E-state index in [0.717, 1.165) is 0 Å². The molecule has 1 heterocycles. The van der Waals surface area contributed by atoms with Crippen molar-refractivity contribution in [2.45, 2.75) is 0 Å². The molecule has 6 aromatic carbocycles. The molecule has 0 aliphatic heterocycles. The zero-order valence-corrected chi connectivity index (χ0v) is 21.1. The Labute approximate surface area is 221 Å². The second-order valence-corrected chi connectivity index (χ2v) is 10.4. The van der Waals surface area contributed by atoms with Gasteiger partial charge in [0.05, 0.1) is 0 Å². The largest absolute Gasteiger partial charge is 0.135 e. The number of benzene rings is 6. The quantitative estimate of drug-likeness (QED) is 0.231. The Morgan fingerprint density at radius 1 is 0.297 bits per heavy atom. The second-order valence-electron chi connectivity index (χ2n) is 9.28. The normalized spacial score (nSPS) is 11.2. The first-order valence-corrected chi connectivity index (χ1v) is 13.4. The van der Waals surface area contributed by atoms with Gasteiger partial charge in [0, 0.05) is 20.2 Å². The van der Waals surface area contributed by atoms with Crippen molar-refractivity contribution in [1.29, 1.82) is 0 Å². The first-order valence-electron chi connectivity index (χ1n) is 12.6. The summed E-state index contributed by atoms with van der Waals surface area (Å²) in [4.78, 5) is 0. The van der Waals surface area contributed by atoms with Crippen LogP contribution in [0.2, 0.25) is 0 Å². The average Bonchev–Trinajstić information content (AvgIpc) is 3.37. The predicted molar refractivity (Wildman–Crippen MR) is 161 cm³/mol. The zero-order chi connectivity index (χ0) is 24.6. The summed E-state index contributed by atoms with van der Waals surface area (Å²) in [7, 11) is 0. The van der Waals surface area contributed by atoms with Crippen LogP contribution in [-0.2, 0) is 0 Å². The Morgan fingerprint density at radius 3 is 1.38 bits per heavy atom. The van der Waals surface area contributed by atoms with Crippen molar-refractivity contribution in [3.63, 3.8) is 0 Å². The Hall–Kier alpha value is -4.46. The maximum Gasteiger partial charge on any atom is 0.0361 e. The minimum atomic E-state index is 1.23. The first-order chi connectivity index (χ1) is 18.4. The van der Waals surface area contributed by atoms with Crippen LogP contribution in [0.15, 0.2) is 146 Å². The molecule has 0 N–H and O–H groups in total. The van der Waals surface area contributed by atoms with Gasteiger partial charge in [-0.15, -0.1) is 11.3 Å². The summed E-state index contributed by atoms with van der Waals surface area (Å²) in [5.74, 6) is 0. The summed E-state index contributed by atoms with van der Waals surface area (Å²) in [5.41, 5.74) is 10.0. The SMILES string of the molecule is c1ccc(-c2ccccc2-c2ccccc2-c2ccccc2-c2cccc3sc4ccccc4c23)cc1. The molecule has 1 aromatic heterocycles. The lowest BCUT2D eigenvalue weighted by atomic mass is 9.86. The van der Waals surface area contributed by atoms with Gasteiger partial charge in [0.1, 0.15) is 0 Å². The molecule has 0 spiro atoms. The van der Waals surface area contributed by atoms with Crippen molar-refractivity contribution in [3.8, 4) is 44.5 Å². The fourth-order valence-corrected chi connectivity index (χ4v) is 6.62. The first kappa shape index (κ1) is 21.8. The minimum Gasteiger partial charge on any atom is -0.135 e. The Kier molecular flexibility index (Phi) is 5.42. The van der Waals surface area contributed by atoms with Gasteiger partial charge in [-0.05, 0) is 56.6 Å². The summed E-state index contributed by atoms with van der Waals surface area (Å²) in [6.45, 7) is 0. The highest BCUT2D eigenvalue weighted by molar-refractivity contribution is 7.25. The molecule has 0 bridgehead atoms. The number of rotatable bonds is 4. The van der Waals surface area contributed by atoms with Crippen LogP contribution in [0.3, 0.4) is 0 Å². The van der Waals surface area contributed by atoms with E-state index in [1.807, 2.05) is 11.3 Å². The van der Waals surface area contributed by atoms with Crippen LogP contribution in [0.25, 0.3) is 64.7 Å². The molecule has 0 aliphatic carbocycles. The Bertz CT molecular complexity index is 1870. The van der Waals surface area contributed by atoms with E-state index in [4.69, 9.17) is 0 Å². The minimum absolute atomic E-state index is 1.23. The van der Waals surface area contributed by atoms with Crippen LogP contribution >= 0.6 is 11.3 Å². The van der Waals surface area contributed by atoms with Crippen molar-refractivity contribution >= 4 is 31.5 Å². The average molecular weight is 489 g/mol. The van der Waals surface area contributed by atoms with Gasteiger partial charge in [-0.1, -0.05) is 133 Å². The third kappa shape index (κ3) is 3.76. The predicted octanol–water partition coefficient (Wildman–Crippen LogP) is 10.7. The zero-order valence-electron chi connectivity index (χ0n) is 20.3. The van der Waals surface area contributed by atoms with Crippen LogP contribution < -0.4 is 0 Å². The van der Waals surface area contributed by atoms with Crippen LogP contribution in [0.5, 0.6) is 0 Å². The maximum absolute atomic E-state index is 2.28. The molecular weight excluding hydrogens is 464 g/mol. The molecule has 0 radical (unpaired) electrons. The molecule has 174 valence electrons. The van der Waals surface area contributed by atoms with Crippen LogP contribution in [-0.4, -0.2) is 0 Å². The van der Waals surface area contributed by atoms with E-state index in [1.54, 1.807) is 0 Å². The Morgan fingerprint density at radius 2 is 0.730 bits per heavy atom. The summed E-state index contributed by atoms with van der Waals surface area (Å²) < 4.78 is 2.66. The maximum atomic E-state index is 2.28. The monoisotopic (exact) mass is 488 g/mol. The van der Waals surface area contributed by atoms with E-state index in [-0.39, 0.29) is 0 Å². The molecule has 0 amide bonds. The molecule has 0 saturated carbocycles. The molecule has 37 heavy (non-hydrogen) atoms. The van der Waals surface area contributed by atoms with Gasteiger partial charge < -0.3 is 0 Å². The third-order valence-corrected chi connectivity index (χ3v) is 8.28. The van der Waals surface area contributed by atoms with E-state index in [2.05, 4.69) is 146 Å². The van der Waals surface area contributed by atoms with Gasteiger partial charge in [-0.3, -0.25) is 0 Å². The molecule has 0 aliphatic rings. The van der Waals surface area contributed by atoms with Gasteiger partial charge in [-0.25, -0.2) is 0 Å². The van der Waals surface area contributed by atoms with Crippen LogP contribution in [0, 0.1) is 0 Å². The van der Waals surface area contributed by atoms with E-state index in [1.165, 1.54) is 64.7 Å². The van der Waals surface area contributed by atoms with Gasteiger partial charge in [0.15, 0.2) is 0 Å². The molecule has 0 unspecified atom stereocenters. The van der Waals surface area contributed by atoms with Crippen LogP contribution in [0.1, 0.15) is 0 Å². The van der Waals surface area contributed by atoms with E-state index >= 15 is 0 Å².